The van der Waals surface area contributed by atoms with Crippen LogP contribution in [-0.2, 0) is 22.6 Å². The van der Waals surface area contributed by atoms with Crippen molar-refractivity contribution < 1.29 is 14.7 Å². The lowest BCUT2D eigenvalue weighted by atomic mass is 10.1. The molecule has 0 bridgehead atoms. The van der Waals surface area contributed by atoms with E-state index in [2.05, 4.69) is 20.5 Å². The topological polar surface area (TPSA) is 110 Å². The van der Waals surface area contributed by atoms with E-state index >= 15 is 0 Å². The van der Waals surface area contributed by atoms with Gasteiger partial charge in [-0.2, -0.15) is 9.90 Å². The molecule has 0 aliphatic heterocycles. The molecule has 104 valence electrons. The van der Waals surface area contributed by atoms with Crippen molar-refractivity contribution in [2.45, 2.75) is 19.4 Å². The molecule has 0 aliphatic rings. The summed E-state index contributed by atoms with van der Waals surface area (Å²) in [5.41, 5.74) is 0.970. The molecule has 20 heavy (non-hydrogen) atoms. The Morgan fingerprint density at radius 1 is 1.35 bits per heavy atom. The van der Waals surface area contributed by atoms with Crippen LogP contribution in [0.1, 0.15) is 12.0 Å². The van der Waals surface area contributed by atoms with Crippen LogP contribution in [0.25, 0.3) is 0 Å². The number of amides is 1. The number of hydrogen-bond donors (Lipinski definition) is 2. The highest BCUT2D eigenvalue weighted by Crippen LogP contribution is 2.04. The summed E-state index contributed by atoms with van der Waals surface area (Å²) in [5, 5.41) is 18.7. The highest BCUT2D eigenvalue weighted by atomic mass is 16.4. The van der Waals surface area contributed by atoms with Crippen molar-refractivity contribution in [2.24, 2.45) is 0 Å². The second-order valence-electron chi connectivity index (χ2n) is 4.06. The zero-order valence-electron chi connectivity index (χ0n) is 10.6. The Bertz CT molecular complexity index is 596. The number of carboxylic acid groups (broad SMARTS) is 1. The van der Waals surface area contributed by atoms with E-state index in [1.165, 1.54) is 6.20 Å². The van der Waals surface area contributed by atoms with Gasteiger partial charge in [-0.05, 0) is 18.1 Å². The molecule has 0 aliphatic carbocycles. The molecule has 2 aromatic rings. The normalized spacial score (nSPS) is 10.2. The third-order valence-corrected chi connectivity index (χ3v) is 2.44. The smallest absolute Gasteiger partial charge is 0.327 e. The Hall–Kier alpha value is -2.77. The number of nitrogens with one attached hydrogen (secondary N) is 1. The Morgan fingerprint density at radius 2 is 2.20 bits per heavy atom. The number of pyridine rings is 1. The van der Waals surface area contributed by atoms with Crippen molar-refractivity contribution in [3.63, 3.8) is 0 Å². The number of aromatic nitrogens is 4. The lowest BCUT2D eigenvalue weighted by Crippen LogP contribution is -2.14. The van der Waals surface area contributed by atoms with Gasteiger partial charge in [-0.1, -0.05) is 6.07 Å². The molecule has 0 saturated carbocycles. The second-order valence-corrected chi connectivity index (χ2v) is 4.06. The third kappa shape index (κ3) is 4.16. The minimum absolute atomic E-state index is 0.212. The van der Waals surface area contributed by atoms with E-state index in [-0.39, 0.29) is 24.7 Å². The van der Waals surface area contributed by atoms with Crippen LogP contribution in [0.2, 0.25) is 0 Å². The van der Waals surface area contributed by atoms with E-state index in [0.717, 1.165) is 10.4 Å². The van der Waals surface area contributed by atoms with Gasteiger partial charge in [0, 0.05) is 18.8 Å². The first-order valence-corrected chi connectivity index (χ1v) is 5.94. The van der Waals surface area contributed by atoms with E-state index in [1.807, 2.05) is 12.1 Å². The fraction of sp³-hybridized carbons (Fsp3) is 0.250. The van der Waals surface area contributed by atoms with Crippen LogP contribution in [0.4, 0.5) is 5.82 Å². The summed E-state index contributed by atoms with van der Waals surface area (Å²) in [6, 6.07) is 3.70. The van der Waals surface area contributed by atoms with Gasteiger partial charge in [0.1, 0.15) is 0 Å². The highest BCUT2D eigenvalue weighted by molar-refractivity contribution is 5.89. The van der Waals surface area contributed by atoms with Gasteiger partial charge in [-0.25, -0.2) is 0 Å². The Labute approximate surface area is 114 Å². The monoisotopic (exact) mass is 275 g/mol. The van der Waals surface area contributed by atoms with Gasteiger partial charge in [-0.3, -0.25) is 14.6 Å². The van der Waals surface area contributed by atoms with Crippen LogP contribution in [-0.4, -0.2) is 37.0 Å². The van der Waals surface area contributed by atoms with Gasteiger partial charge in [-0.15, -0.1) is 5.10 Å². The number of carboxylic acids is 1. The summed E-state index contributed by atoms with van der Waals surface area (Å²) < 4.78 is 0. The maximum atomic E-state index is 11.7. The number of carbonyl (C=O) groups is 2. The summed E-state index contributed by atoms with van der Waals surface area (Å²) in [6.45, 7) is -0.342. The fourth-order valence-electron chi connectivity index (χ4n) is 1.56. The Morgan fingerprint density at radius 3 is 2.90 bits per heavy atom. The molecule has 0 fully saturated rings. The Balaban J connectivity index is 1.82. The second kappa shape index (κ2) is 6.41. The summed E-state index contributed by atoms with van der Waals surface area (Å²) >= 11 is 0. The van der Waals surface area contributed by atoms with E-state index in [0.29, 0.717) is 6.42 Å². The molecule has 0 atom stereocenters. The van der Waals surface area contributed by atoms with E-state index < -0.39 is 5.97 Å². The SMILES string of the molecule is O=C(O)Cn1ncc(NC(=O)CCc2cccnc2)n1. The summed E-state index contributed by atoms with van der Waals surface area (Å²) in [6.07, 6.45) is 5.55. The maximum absolute atomic E-state index is 11.7. The van der Waals surface area contributed by atoms with E-state index in [4.69, 9.17) is 5.11 Å². The van der Waals surface area contributed by atoms with Gasteiger partial charge in [0.2, 0.25) is 5.91 Å². The predicted octanol–water partition coefficient (Wildman–Crippen LogP) is 0.329. The highest BCUT2D eigenvalue weighted by Gasteiger charge is 2.08. The fourth-order valence-corrected chi connectivity index (χ4v) is 1.56. The first-order chi connectivity index (χ1) is 9.63. The van der Waals surface area contributed by atoms with Crippen molar-refractivity contribution in [1.29, 1.82) is 0 Å². The first kappa shape index (κ1) is 13.7. The first-order valence-electron chi connectivity index (χ1n) is 5.94. The molecule has 2 rings (SSSR count). The minimum atomic E-state index is -1.05. The molecule has 2 aromatic heterocycles. The largest absolute Gasteiger partial charge is 0.480 e. The molecule has 0 radical (unpaired) electrons. The summed E-state index contributed by atoms with van der Waals surface area (Å²) in [7, 11) is 0. The molecule has 0 aromatic carbocycles. The molecular weight excluding hydrogens is 262 g/mol. The molecule has 2 N–H and O–H groups in total. The molecule has 2 heterocycles. The molecular formula is C12H13N5O3. The van der Waals surface area contributed by atoms with Gasteiger partial charge < -0.3 is 10.4 Å². The van der Waals surface area contributed by atoms with Crippen molar-refractivity contribution in [3.8, 4) is 0 Å². The van der Waals surface area contributed by atoms with Gasteiger partial charge >= 0.3 is 5.97 Å². The maximum Gasteiger partial charge on any atom is 0.327 e. The number of hydrogen-bond acceptors (Lipinski definition) is 5. The lowest BCUT2D eigenvalue weighted by molar-refractivity contribution is -0.138. The van der Waals surface area contributed by atoms with Crippen molar-refractivity contribution >= 4 is 17.7 Å². The zero-order chi connectivity index (χ0) is 14.4. The van der Waals surface area contributed by atoms with Crippen molar-refractivity contribution in [1.82, 2.24) is 20.0 Å². The molecule has 0 unspecified atom stereocenters. The average Bonchev–Trinajstić information content (AvgIpc) is 2.84. The van der Waals surface area contributed by atoms with Gasteiger partial charge in [0.25, 0.3) is 0 Å². The Kier molecular flexibility index (Phi) is 4.38. The third-order valence-electron chi connectivity index (χ3n) is 2.44. The number of rotatable bonds is 6. The lowest BCUT2D eigenvalue weighted by Gasteiger charge is -2.01. The summed E-state index contributed by atoms with van der Waals surface area (Å²) in [4.78, 5) is 27.1. The average molecular weight is 275 g/mol. The van der Waals surface area contributed by atoms with Crippen LogP contribution < -0.4 is 5.32 Å². The van der Waals surface area contributed by atoms with Crippen LogP contribution in [0, 0.1) is 0 Å². The number of anilines is 1. The minimum Gasteiger partial charge on any atom is -0.480 e. The quantitative estimate of drug-likeness (QED) is 0.786. The van der Waals surface area contributed by atoms with Crippen LogP contribution >= 0.6 is 0 Å². The molecule has 0 spiro atoms. The molecule has 8 heteroatoms. The number of aryl methyl sites for hydroxylation is 1. The molecule has 1 amide bonds. The zero-order valence-corrected chi connectivity index (χ0v) is 10.6. The van der Waals surface area contributed by atoms with Crippen molar-refractivity contribution in [2.75, 3.05) is 5.32 Å². The van der Waals surface area contributed by atoms with Gasteiger partial charge in [0.05, 0.1) is 6.20 Å². The predicted molar refractivity (Wildman–Crippen MR) is 68.8 cm³/mol. The number of nitrogens with zero attached hydrogens (tertiary/aromatic N) is 4. The number of aliphatic carboxylic acids is 1. The van der Waals surface area contributed by atoms with Crippen molar-refractivity contribution in [3.05, 3.63) is 36.3 Å². The van der Waals surface area contributed by atoms with Gasteiger partial charge in [0.15, 0.2) is 12.4 Å². The molecule has 8 nitrogen and oxygen atoms in total. The van der Waals surface area contributed by atoms with E-state index in [1.54, 1.807) is 12.4 Å². The summed E-state index contributed by atoms with van der Waals surface area (Å²) in [5.74, 6) is -1.02. The van der Waals surface area contributed by atoms with Crippen LogP contribution in [0.5, 0.6) is 0 Å². The van der Waals surface area contributed by atoms with E-state index in [9.17, 15) is 9.59 Å². The standard InChI is InChI=1S/C12H13N5O3/c18-11(4-3-9-2-1-5-13-6-9)15-10-7-14-17(16-10)8-12(19)20/h1-2,5-7H,3-4,8H2,(H,19,20)(H,15,16,18). The number of carbonyl (C=O) groups excluding carboxylic acids is 1. The van der Waals surface area contributed by atoms with Crippen LogP contribution in [0.15, 0.2) is 30.7 Å². The molecule has 0 saturated heterocycles. The van der Waals surface area contributed by atoms with Crippen LogP contribution in [0.3, 0.4) is 0 Å².